The van der Waals surface area contributed by atoms with Gasteiger partial charge in [0, 0.05) is 6.42 Å². The second-order valence-electron chi connectivity index (χ2n) is 5.35. The highest BCUT2D eigenvalue weighted by Crippen LogP contribution is 2.35. The van der Waals surface area contributed by atoms with Gasteiger partial charge in [-0.25, -0.2) is 0 Å². The molecule has 0 unspecified atom stereocenters. The van der Waals surface area contributed by atoms with Crippen LogP contribution in [0.3, 0.4) is 0 Å². The van der Waals surface area contributed by atoms with E-state index >= 15 is 0 Å². The fourth-order valence-electron chi connectivity index (χ4n) is 2.48. The van der Waals surface area contributed by atoms with E-state index in [9.17, 15) is 4.79 Å². The summed E-state index contributed by atoms with van der Waals surface area (Å²) < 4.78 is 17.2. The molecule has 2 rings (SSSR count). The summed E-state index contributed by atoms with van der Waals surface area (Å²) in [6.07, 6.45) is 3.09. The number of hydrogen-bond acceptors (Lipinski definition) is 4. The summed E-state index contributed by atoms with van der Waals surface area (Å²) >= 11 is 0. The van der Waals surface area contributed by atoms with Crippen molar-refractivity contribution in [3.8, 4) is 5.75 Å². The van der Waals surface area contributed by atoms with Crippen LogP contribution in [0.4, 0.5) is 0 Å². The number of carboxylic acids is 1. The topological polar surface area (TPSA) is 65.0 Å². The minimum atomic E-state index is -0.773. The van der Waals surface area contributed by atoms with E-state index in [2.05, 4.69) is 6.92 Å². The van der Waals surface area contributed by atoms with Crippen molar-refractivity contribution in [1.82, 2.24) is 0 Å². The summed E-state index contributed by atoms with van der Waals surface area (Å²) in [5.41, 5.74) is 1.96. The Morgan fingerprint density at radius 3 is 2.77 bits per heavy atom. The molecular weight excluding hydrogens is 284 g/mol. The number of hydrogen-bond donors (Lipinski definition) is 1. The molecule has 0 amide bonds. The molecule has 5 nitrogen and oxygen atoms in total. The van der Waals surface area contributed by atoms with E-state index in [1.54, 1.807) is 0 Å². The lowest BCUT2D eigenvalue weighted by Crippen LogP contribution is -2.09. The second-order valence-corrected chi connectivity index (χ2v) is 5.35. The summed E-state index contributed by atoms with van der Waals surface area (Å²) in [4.78, 5) is 10.7. The van der Waals surface area contributed by atoms with Crippen LogP contribution in [0.25, 0.3) is 0 Å². The van der Waals surface area contributed by atoms with Crippen molar-refractivity contribution in [2.45, 2.75) is 45.3 Å². The number of benzene rings is 1. The Kier molecular flexibility index (Phi) is 6.68. The van der Waals surface area contributed by atoms with Crippen LogP contribution in [0.2, 0.25) is 0 Å². The molecule has 122 valence electrons. The van der Waals surface area contributed by atoms with Gasteiger partial charge in [0.15, 0.2) is 6.29 Å². The molecule has 1 fully saturated rings. The molecule has 0 aliphatic carbocycles. The first-order valence-electron chi connectivity index (χ1n) is 7.92. The fourth-order valence-corrected chi connectivity index (χ4v) is 2.48. The highest BCUT2D eigenvalue weighted by molar-refractivity contribution is 5.66. The molecule has 0 atom stereocenters. The van der Waals surface area contributed by atoms with Crippen LogP contribution >= 0.6 is 0 Å². The first kappa shape index (κ1) is 16.8. The zero-order valence-electron chi connectivity index (χ0n) is 13.0. The maximum Gasteiger partial charge on any atom is 0.303 e. The standard InChI is InChI=1S/C17H24O5/c1-2-3-10-20-14-8-4-6-13(7-5-9-15(18)19)16(14)17-21-11-12-22-17/h4,6,8,17H,2-3,5,7,9-12H2,1H3,(H,18,19). The van der Waals surface area contributed by atoms with Gasteiger partial charge in [-0.05, 0) is 30.9 Å². The second kappa shape index (κ2) is 8.76. The van der Waals surface area contributed by atoms with E-state index in [0.29, 0.717) is 32.7 Å². The van der Waals surface area contributed by atoms with Gasteiger partial charge < -0.3 is 19.3 Å². The molecule has 1 saturated heterocycles. The van der Waals surface area contributed by atoms with Crippen molar-refractivity contribution < 1.29 is 24.1 Å². The number of aryl methyl sites for hydroxylation is 1. The van der Waals surface area contributed by atoms with Crippen molar-refractivity contribution in [2.75, 3.05) is 19.8 Å². The number of carboxylic acid groups (broad SMARTS) is 1. The number of unbranched alkanes of at least 4 members (excludes halogenated alkanes) is 1. The predicted octanol–water partition coefficient (Wildman–Crippen LogP) is 3.32. The molecule has 1 heterocycles. The molecule has 0 aromatic heterocycles. The van der Waals surface area contributed by atoms with Crippen LogP contribution in [-0.4, -0.2) is 30.9 Å². The lowest BCUT2D eigenvalue weighted by Gasteiger charge is -2.19. The molecule has 22 heavy (non-hydrogen) atoms. The Hall–Kier alpha value is -1.59. The van der Waals surface area contributed by atoms with E-state index in [4.69, 9.17) is 19.3 Å². The van der Waals surface area contributed by atoms with Crippen LogP contribution in [0, 0.1) is 0 Å². The Bertz CT molecular complexity index is 480. The molecule has 0 bridgehead atoms. The maximum atomic E-state index is 10.7. The molecule has 1 aliphatic rings. The normalized spacial score (nSPS) is 15.1. The quantitative estimate of drug-likeness (QED) is 0.709. The maximum absolute atomic E-state index is 10.7. The molecule has 5 heteroatoms. The fraction of sp³-hybridized carbons (Fsp3) is 0.588. The Balaban J connectivity index is 2.14. The molecule has 0 radical (unpaired) electrons. The van der Waals surface area contributed by atoms with Crippen molar-refractivity contribution in [2.24, 2.45) is 0 Å². The van der Waals surface area contributed by atoms with Gasteiger partial charge in [0.25, 0.3) is 0 Å². The lowest BCUT2D eigenvalue weighted by molar-refractivity contribution is -0.137. The molecular formula is C17H24O5. The van der Waals surface area contributed by atoms with Gasteiger partial charge in [-0.1, -0.05) is 25.5 Å². The van der Waals surface area contributed by atoms with Gasteiger partial charge in [0.2, 0.25) is 0 Å². The average molecular weight is 308 g/mol. The van der Waals surface area contributed by atoms with Gasteiger partial charge in [0.1, 0.15) is 5.75 Å². The van der Waals surface area contributed by atoms with Crippen molar-refractivity contribution in [1.29, 1.82) is 0 Å². The van der Waals surface area contributed by atoms with E-state index in [-0.39, 0.29) is 6.42 Å². The number of carbonyl (C=O) groups is 1. The monoisotopic (exact) mass is 308 g/mol. The molecule has 1 aliphatic heterocycles. The third-order valence-corrected chi connectivity index (χ3v) is 3.61. The average Bonchev–Trinajstić information content (AvgIpc) is 3.01. The Labute approximate surface area is 131 Å². The molecule has 0 saturated carbocycles. The third-order valence-electron chi connectivity index (χ3n) is 3.61. The van der Waals surface area contributed by atoms with Crippen molar-refractivity contribution >= 4 is 5.97 Å². The van der Waals surface area contributed by atoms with Crippen LogP contribution < -0.4 is 4.74 Å². The number of rotatable bonds is 9. The first-order chi connectivity index (χ1) is 10.7. The zero-order valence-corrected chi connectivity index (χ0v) is 13.0. The minimum Gasteiger partial charge on any atom is -0.493 e. The van der Waals surface area contributed by atoms with Crippen LogP contribution in [0.1, 0.15) is 50.0 Å². The molecule has 1 N–H and O–H groups in total. The Morgan fingerprint density at radius 1 is 1.32 bits per heavy atom. The molecule has 1 aromatic rings. The van der Waals surface area contributed by atoms with E-state index < -0.39 is 12.3 Å². The van der Waals surface area contributed by atoms with Gasteiger partial charge in [-0.15, -0.1) is 0 Å². The van der Waals surface area contributed by atoms with Gasteiger partial charge in [-0.3, -0.25) is 4.79 Å². The van der Waals surface area contributed by atoms with Gasteiger partial charge >= 0.3 is 5.97 Å². The zero-order chi connectivity index (χ0) is 15.8. The van der Waals surface area contributed by atoms with Crippen LogP contribution in [0.5, 0.6) is 5.75 Å². The predicted molar refractivity (Wildman–Crippen MR) is 82.1 cm³/mol. The minimum absolute atomic E-state index is 0.159. The van der Waals surface area contributed by atoms with Crippen LogP contribution in [-0.2, 0) is 20.7 Å². The molecule has 0 spiro atoms. The first-order valence-corrected chi connectivity index (χ1v) is 7.92. The van der Waals surface area contributed by atoms with E-state index in [0.717, 1.165) is 29.7 Å². The summed E-state index contributed by atoms with van der Waals surface area (Å²) in [6, 6.07) is 5.86. The van der Waals surface area contributed by atoms with Crippen molar-refractivity contribution in [3.63, 3.8) is 0 Å². The molecule has 1 aromatic carbocycles. The van der Waals surface area contributed by atoms with E-state index in [1.165, 1.54) is 0 Å². The van der Waals surface area contributed by atoms with E-state index in [1.807, 2.05) is 18.2 Å². The van der Waals surface area contributed by atoms with Gasteiger partial charge in [-0.2, -0.15) is 0 Å². The van der Waals surface area contributed by atoms with Crippen molar-refractivity contribution in [3.05, 3.63) is 29.3 Å². The number of aliphatic carboxylic acids is 1. The lowest BCUT2D eigenvalue weighted by atomic mass is 10.0. The third kappa shape index (κ3) is 4.71. The highest BCUT2D eigenvalue weighted by Gasteiger charge is 2.25. The summed E-state index contributed by atoms with van der Waals surface area (Å²) in [7, 11) is 0. The Morgan fingerprint density at radius 2 is 2.09 bits per heavy atom. The van der Waals surface area contributed by atoms with Crippen LogP contribution in [0.15, 0.2) is 18.2 Å². The summed E-state index contributed by atoms with van der Waals surface area (Å²) in [5, 5.41) is 8.80. The number of ether oxygens (including phenoxy) is 3. The SMILES string of the molecule is CCCCOc1cccc(CCCC(=O)O)c1C1OCCO1. The summed E-state index contributed by atoms with van der Waals surface area (Å²) in [6.45, 7) is 3.93. The summed E-state index contributed by atoms with van der Waals surface area (Å²) in [5.74, 6) is 0.0124. The van der Waals surface area contributed by atoms with Gasteiger partial charge in [0.05, 0.1) is 25.4 Å². The largest absolute Gasteiger partial charge is 0.493 e. The highest BCUT2D eigenvalue weighted by atomic mass is 16.7. The smallest absolute Gasteiger partial charge is 0.303 e.